The first kappa shape index (κ1) is 18.2. The van der Waals surface area contributed by atoms with E-state index >= 15 is 0 Å². The summed E-state index contributed by atoms with van der Waals surface area (Å²) in [4.78, 5) is 19.5. The van der Waals surface area contributed by atoms with Gasteiger partial charge in [0.15, 0.2) is 15.0 Å². The lowest BCUT2D eigenvalue weighted by Gasteiger charge is -2.38. The maximum Gasteiger partial charge on any atom is 0.266 e. The fraction of sp³-hybridized carbons (Fsp3) is 0.222. The van der Waals surface area contributed by atoms with E-state index in [4.69, 9.17) is 11.6 Å². The number of rotatable bonds is 4. The molecule has 1 aliphatic rings. The van der Waals surface area contributed by atoms with Crippen molar-refractivity contribution in [2.45, 2.75) is 17.1 Å². The largest absolute Gasteiger partial charge is 0.335 e. The summed E-state index contributed by atoms with van der Waals surface area (Å²) in [5, 5.41) is 0.602. The van der Waals surface area contributed by atoms with Crippen molar-refractivity contribution in [1.82, 2.24) is 14.5 Å². The first-order valence-electron chi connectivity index (χ1n) is 8.26. The van der Waals surface area contributed by atoms with Gasteiger partial charge in [0.1, 0.15) is 10.1 Å². The molecule has 0 spiro atoms. The molecule has 0 N–H and O–H groups in total. The van der Waals surface area contributed by atoms with Crippen LogP contribution in [-0.2, 0) is 9.84 Å². The quantitative estimate of drug-likeness (QED) is 0.648. The smallest absolute Gasteiger partial charge is 0.266 e. The SMILES string of the molecule is Cc1nc(-n2cccc2)sc1C(=O)N1CC(S(=O)(=O)c2ccc(Cl)cc2)C1. The third kappa shape index (κ3) is 3.28. The molecule has 1 amide bonds. The first-order chi connectivity index (χ1) is 12.9. The topological polar surface area (TPSA) is 72.3 Å². The van der Waals surface area contributed by atoms with Crippen LogP contribution in [0.2, 0.25) is 5.02 Å². The number of aryl methyl sites for hydroxylation is 1. The number of hydrogen-bond donors (Lipinski definition) is 0. The van der Waals surface area contributed by atoms with E-state index in [-0.39, 0.29) is 23.9 Å². The summed E-state index contributed by atoms with van der Waals surface area (Å²) in [5.41, 5.74) is 0.651. The Balaban J connectivity index is 1.48. The minimum atomic E-state index is -3.48. The number of aromatic nitrogens is 2. The minimum Gasteiger partial charge on any atom is -0.335 e. The summed E-state index contributed by atoms with van der Waals surface area (Å²) in [6, 6.07) is 9.89. The van der Waals surface area contributed by atoms with E-state index in [9.17, 15) is 13.2 Å². The predicted molar refractivity (Wildman–Crippen MR) is 105 cm³/mol. The number of nitrogens with zero attached hydrogens (tertiary/aromatic N) is 3. The molecule has 0 radical (unpaired) electrons. The van der Waals surface area contributed by atoms with E-state index in [1.165, 1.54) is 23.5 Å². The first-order valence-corrected chi connectivity index (χ1v) is 11.0. The summed E-state index contributed by atoms with van der Waals surface area (Å²) >= 11 is 7.13. The number of hydrogen-bond acceptors (Lipinski definition) is 5. The lowest BCUT2D eigenvalue weighted by molar-refractivity contribution is 0.0663. The number of benzene rings is 1. The molecule has 3 heterocycles. The Morgan fingerprint density at radius 3 is 2.44 bits per heavy atom. The lowest BCUT2D eigenvalue weighted by Crippen LogP contribution is -2.56. The highest BCUT2D eigenvalue weighted by Gasteiger charge is 2.41. The van der Waals surface area contributed by atoms with Crippen LogP contribution in [0.5, 0.6) is 0 Å². The Bertz CT molecular complexity index is 1080. The second-order valence-electron chi connectivity index (χ2n) is 6.33. The zero-order chi connectivity index (χ0) is 19.2. The van der Waals surface area contributed by atoms with Gasteiger partial charge in [-0.3, -0.25) is 4.79 Å². The third-order valence-electron chi connectivity index (χ3n) is 4.52. The van der Waals surface area contributed by atoms with Gasteiger partial charge in [0, 0.05) is 30.5 Å². The van der Waals surface area contributed by atoms with Crippen LogP contribution in [0.3, 0.4) is 0 Å². The van der Waals surface area contributed by atoms with Crippen LogP contribution in [0.25, 0.3) is 5.13 Å². The molecule has 1 aliphatic heterocycles. The average molecular weight is 422 g/mol. The van der Waals surface area contributed by atoms with Gasteiger partial charge < -0.3 is 9.47 Å². The van der Waals surface area contributed by atoms with E-state index in [1.54, 1.807) is 24.0 Å². The second kappa shape index (κ2) is 6.78. The van der Waals surface area contributed by atoms with Crippen molar-refractivity contribution in [3.8, 4) is 5.13 Å². The molecule has 0 bridgehead atoms. The Morgan fingerprint density at radius 1 is 1.19 bits per heavy atom. The molecule has 0 aliphatic carbocycles. The number of carbonyl (C=O) groups is 1. The molecule has 4 rings (SSSR count). The molecule has 2 aromatic heterocycles. The molecule has 1 saturated heterocycles. The summed E-state index contributed by atoms with van der Waals surface area (Å²) in [7, 11) is -3.48. The van der Waals surface area contributed by atoms with Crippen LogP contribution in [0.1, 0.15) is 15.4 Å². The van der Waals surface area contributed by atoms with Crippen LogP contribution >= 0.6 is 22.9 Å². The molecule has 1 fully saturated rings. The Labute approximate surface area is 165 Å². The molecule has 9 heteroatoms. The summed E-state index contributed by atoms with van der Waals surface area (Å²) < 4.78 is 27.2. The zero-order valence-corrected chi connectivity index (χ0v) is 16.8. The van der Waals surface area contributed by atoms with Crippen LogP contribution in [0.4, 0.5) is 0 Å². The maximum absolute atomic E-state index is 12.8. The van der Waals surface area contributed by atoms with Crippen molar-refractivity contribution >= 4 is 38.7 Å². The molecule has 0 atom stereocenters. The van der Waals surface area contributed by atoms with Crippen LogP contribution in [-0.4, -0.2) is 47.1 Å². The Morgan fingerprint density at radius 2 is 1.81 bits per heavy atom. The number of amides is 1. The molecular formula is C18H16ClN3O3S2. The lowest BCUT2D eigenvalue weighted by atomic mass is 10.2. The van der Waals surface area contributed by atoms with E-state index in [0.29, 0.717) is 20.7 Å². The monoisotopic (exact) mass is 421 g/mol. The Kier molecular flexibility index (Phi) is 4.57. The highest BCUT2D eigenvalue weighted by molar-refractivity contribution is 7.92. The molecule has 6 nitrogen and oxygen atoms in total. The van der Waals surface area contributed by atoms with Crippen LogP contribution in [0, 0.1) is 6.92 Å². The normalized spacial score (nSPS) is 15.0. The van der Waals surface area contributed by atoms with Crippen molar-refractivity contribution in [2.75, 3.05) is 13.1 Å². The van der Waals surface area contributed by atoms with Crippen molar-refractivity contribution in [2.24, 2.45) is 0 Å². The molecular weight excluding hydrogens is 406 g/mol. The molecule has 0 saturated carbocycles. The highest BCUT2D eigenvalue weighted by atomic mass is 35.5. The average Bonchev–Trinajstić information content (AvgIpc) is 3.22. The Hall–Kier alpha value is -2.16. The van der Waals surface area contributed by atoms with Gasteiger partial charge in [-0.25, -0.2) is 13.4 Å². The number of carbonyl (C=O) groups excluding carboxylic acids is 1. The number of thiazole rings is 1. The van der Waals surface area contributed by atoms with Gasteiger partial charge in [0.2, 0.25) is 0 Å². The fourth-order valence-corrected chi connectivity index (χ4v) is 5.69. The van der Waals surface area contributed by atoms with E-state index in [1.807, 2.05) is 29.1 Å². The maximum atomic E-state index is 12.8. The predicted octanol–water partition coefficient (Wildman–Crippen LogP) is 3.19. The second-order valence-corrected chi connectivity index (χ2v) is 9.97. The van der Waals surface area contributed by atoms with E-state index in [0.717, 1.165) is 0 Å². The van der Waals surface area contributed by atoms with Gasteiger partial charge in [-0.2, -0.15) is 0 Å². The number of sulfone groups is 1. The molecule has 1 aromatic carbocycles. The summed E-state index contributed by atoms with van der Waals surface area (Å²) in [6.07, 6.45) is 3.73. The van der Waals surface area contributed by atoms with Crippen molar-refractivity contribution < 1.29 is 13.2 Å². The van der Waals surface area contributed by atoms with Gasteiger partial charge in [-0.15, -0.1) is 0 Å². The van der Waals surface area contributed by atoms with Gasteiger partial charge in [0.25, 0.3) is 5.91 Å². The highest BCUT2D eigenvalue weighted by Crippen LogP contribution is 2.29. The fourth-order valence-electron chi connectivity index (χ4n) is 2.91. The molecule has 27 heavy (non-hydrogen) atoms. The third-order valence-corrected chi connectivity index (χ3v) is 8.04. The zero-order valence-electron chi connectivity index (χ0n) is 14.4. The number of likely N-dealkylation sites (tertiary alicyclic amines) is 1. The van der Waals surface area contributed by atoms with E-state index < -0.39 is 15.1 Å². The molecule has 3 aromatic rings. The van der Waals surface area contributed by atoms with Crippen molar-refractivity contribution in [3.05, 3.63) is 64.4 Å². The van der Waals surface area contributed by atoms with E-state index in [2.05, 4.69) is 4.98 Å². The van der Waals surface area contributed by atoms with Crippen LogP contribution < -0.4 is 0 Å². The van der Waals surface area contributed by atoms with Gasteiger partial charge >= 0.3 is 0 Å². The summed E-state index contributed by atoms with van der Waals surface area (Å²) in [6.45, 7) is 2.15. The standard InChI is InChI=1S/C18H16ClN3O3S2/c1-12-16(26-18(20-12)21-8-2-3-9-21)17(23)22-10-15(11-22)27(24,25)14-6-4-13(19)5-7-14/h2-9,15H,10-11H2,1H3. The van der Waals surface area contributed by atoms with Gasteiger partial charge in [0.05, 0.1) is 10.6 Å². The van der Waals surface area contributed by atoms with Gasteiger partial charge in [-0.1, -0.05) is 22.9 Å². The molecule has 140 valence electrons. The van der Waals surface area contributed by atoms with Crippen LogP contribution in [0.15, 0.2) is 53.7 Å². The minimum absolute atomic E-state index is 0.175. The summed E-state index contributed by atoms with van der Waals surface area (Å²) in [5.74, 6) is -0.175. The van der Waals surface area contributed by atoms with Crippen molar-refractivity contribution in [3.63, 3.8) is 0 Å². The number of halogens is 1. The molecule has 0 unspecified atom stereocenters. The van der Waals surface area contributed by atoms with Crippen molar-refractivity contribution in [1.29, 1.82) is 0 Å². The van der Waals surface area contributed by atoms with Gasteiger partial charge in [-0.05, 0) is 43.3 Å².